The Morgan fingerprint density at radius 3 is 2.40 bits per heavy atom. The normalized spacial score (nSPS) is 7.70. The molecule has 0 radical (unpaired) electrons. The lowest BCUT2D eigenvalue weighted by molar-refractivity contribution is -0.127. The maximum atomic E-state index is 9.29. The van der Waals surface area contributed by atoms with Crippen molar-refractivity contribution in [3.05, 3.63) is 12.7 Å². The van der Waals surface area contributed by atoms with E-state index in [1.807, 2.05) is 0 Å². The zero-order valence-electron chi connectivity index (χ0n) is 5.99. The fraction of sp³-hybridized carbons (Fsp3) is 0.333. The second kappa shape index (κ2) is 15.6. The molecule has 0 unspecified atom stereocenters. The molecule has 10 heavy (non-hydrogen) atoms. The number of ether oxygens (including phenoxy) is 1. The molecule has 0 aliphatic heterocycles. The van der Waals surface area contributed by atoms with Crippen LogP contribution < -0.4 is 5.84 Å². The van der Waals surface area contributed by atoms with Gasteiger partial charge in [-0.1, -0.05) is 12.7 Å². The second-order valence-electron chi connectivity index (χ2n) is 1.13. The van der Waals surface area contributed by atoms with Gasteiger partial charge in [-0.15, -0.1) is 0 Å². The van der Waals surface area contributed by atoms with E-state index in [9.17, 15) is 4.79 Å². The second-order valence-corrected chi connectivity index (χ2v) is 1.13. The van der Waals surface area contributed by atoms with Crippen molar-refractivity contribution < 1.29 is 9.53 Å². The molecule has 2 N–H and O–H groups in total. The predicted molar refractivity (Wildman–Crippen MR) is 40.6 cm³/mol. The van der Waals surface area contributed by atoms with Gasteiger partial charge < -0.3 is 10.6 Å². The molecule has 0 spiro atoms. The van der Waals surface area contributed by atoms with Crippen LogP contribution in [-0.4, -0.2) is 19.3 Å². The Bertz CT molecular complexity index is 89.9. The van der Waals surface area contributed by atoms with Crippen molar-refractivity contribution in [2.24, 2.45) is 10.9 Å². The number of rotatable bonds is 3. The van der Waals surface area contributed by atoms with E-state index in [0.717, 1.165) is 0 Å². The highest BCUT2D eigenvalue weighted by molar-refractivity contribution is 5.52. The lowest BCUT2D eigenvalue weighted by Crippen LogP contribution is -1.83. The largest absolute Gasteiger partial charge is 0.464 e. The van der Waals surface area contributed by atoms with Gasteiger partial charge in [0.25, 0.3) is 6.47 Å². The number of hydrazone groups is 1. The van der Waals surface area contributed by atoms with Gasteiger partial charge in [0.15, 0.2) is 0 Å². The first kappa shape index (κ1) is 11.5. The van der Waals surface area contributed by atoms with Crippen LogP contribution in [0.4, 0.5) is 0 Å². The van der Waals surface area contributed by atoms with Crippen molar-refractivity contribution in [3.8, 4) is 0 Å². The van der Waals surface area contributed by atoms with Gasteiger partial charge in [-0.2, -0.15) is 5.10 Å². The average Bonchev–Trinajstić information content (AvgIpc) is 2.01. The molecular formula is C6H12N2O2. The van der Waals surface area contributed by atoms with Crippen LogP contribution in [0.1, 0.15) is 6.92 Å². The molecule has 0 aliphatic rings. The van der Waals surface area contributed by atoms with Crippen molar-refractivity contribution in [3.63, 3.8) is 0 Å². The predicted octanol–water partition coefficient (Wildman–Crippen LogP) is 0.296. The van der Waals surface area contributed by atoms with Crippen molar-refractivity contribution in [1.82, 2.24) is 0 Å². The van der Waals surface area contributed by atoms with E-state index in [4.69, 9.17) is 0 Å². The first-order chi connectivity index (χ1) is 4.83. The van der Waals surface area contributed by atoms with Crippen molar-refractivity contribution in [2.75, 3.05) is 6.61 Å². The third kappa shape index (κ3) is 30.0. The molecule has 4 heteroatoms. The minimum atomic E-state index is 0.309. The quantitative estimate of drug-likeness (QED) is 0.155. The fourth-order valence-electron chi connectivity index (χ4n) is 0.107. The third-order valence-corrected chi connectivity index (χ3v) is 0.431. The Balaban J connectivity index is 0. The molecule has 0 saturated heterocycles. The van der Waals surface area contributed by atoms with Gasteiger partial charge in [-0.05, 0) is 6.92 Å². The molecule has 0 aromatic heterocycles. The molecular weight excluding hydrogens is 132 g/mol. The molecule has 0 heterocycles. The summed E-state index contributed by atoms with van der Waals surface area (Å²) in [5.41, 5.74) is 0. The zero-order valence-corrected chi connectivity index (χ0v) is 5.99. The summed E-state index contributed by atoms with van der Waals surface area (Å²) in [6.07, 6.45) is 3.04. The van der Waals surface area contributed by atoms with E-state index in [1.165, 1.54) is 12.3 Å². The molecule has 0 aromatic rings. The molecule has 0 amide bonds. The van der Waals surface area contributed by atoms with Crippen LogP contribution in [0.25, 0.3) is 0 Å². The molecule has 0 bridgehead atoms. The lowest BCUT2D eigenvalue weighted by atomic mass is 10.7. The maximum absolute atomic E-state index is 9.29. The molecule has 0 rings (SSSR count). The van der Waals surface area contributed by atoms with E-state index < -0.39 is 0 Å². The zero-order chi connectivity index (χ0) is 8.24. The van der Waals surface area contributed by atoms with Crippen LogP contribution >= 0.6 is 0 Å². The van der Waals surface area contributed by atoms with Crippen LogP contribution in [0.3, 0.4) is 0 Å². The Morgan fingerprint density at radius 1 is 1.80 bits per heavy atom. The first-order valence-electron chi connectivity index (χ1n) is 2.67. The Labute approximate surface area is 60.4 Å². The van der Waals surface area contributed by atoms with Crippen LogP contribution in [0.15, 0.2) is 17.8 Å². The highest BCUT2D eigenvalue weighted by atomic mass is 16.5. The van der Waals surface area contributed by atoms with Gasteiger partial charge >= 0.3 is 0 Å². The topological polar surface area (TPSA) is 64.7 Å². The average molecular weight is 144 g/mol. The van der Waals surface area contributed by atoms with Crippen LogP contribution in [-0.2, 0) is 9.53 Å². The van der Waals surface area contributed by atoms with E-state index in [1.54, 1.807) is 6.92 Å². The van der Waals surface area contributed by atoms with Gasteiger partial charge in [0.2, 0.25) is 0 Å². The molecule has 0 fully saturated rings. The van der Waals surface area contributed by atoms with Gasteiger partial charge in [0.05, 0.1) is 0 Å². The number of hydrogen-bond acceptors (Lipinski definition) is 4. The smallest absolute Gasteiger partial charge is 0.293 e. The summed E-state index contributed by atoms with van der Waals surface area (Å²) in [5, 5.41) is 3.11. The molecule has 0 aliphatic carbocycles. The lowest BCUT2D eigenvalue weighted by Gasteiger charge is -1.82. The SMILES string of the molecule is C=CCOC=O.CC=NN. The molecule has 0 aromatic carbocycles. The summed E-state index contributed by atoms with van der Waals surface area (Å²) < 4.78 is 4.18. The van der Waals surface area contributed by atoms with Gasteiger partial charge in [-0.25, -0.2) is 0 Å². The highest BCUT2D eigenvalue weighted by Crippen LogP contribution is 1.62. The summed E-state index contributed by atoms with van der Waals surface area (Å²) in [4.78, 5) is 9.29. The number of nitrogens with two attached hydrogens (primary N) is 1. The maximum Gasteiger partial charge on any atom is 0.293 e. The monoisotopic (exact) mass is 144 g/mol. The number of carbonyl (C=O) groups excluding carboxylic acids is 1. The summed E-state index contributed by atoms with van der Waals surface area (Å²) in [6.45, 7) is 5.78. The summed E-state index contributed by atoms with van der Waals surface area (Å²) in [6, 6.07) is 0. The van der Waals surface area contributed by atoms with E-state index in [-0.39, 0.29) is 0 Å². The van der Waals surface area contributed by atoms with Gasteiger partial charge in [0, 0.05) is 6.21 Å². The molecule has 58 valence electrons. The van der Waals surface area contributed by atoms with E-state index >= 15 is 0 Å². The molecule has 4 nitrogen and oxygen atoms in total. The number of carbonyl (C=O) groups is 1. The number of nitrogens with zero attached hydrogens (tertiary/aromatic N) is 1. The Kier molecular flexibility index (Phi) is 18.0. The molecule has 0 saturated carbocycles. The van der Waals surface area contributed by atoms with Crippen molar-refractivity contribution in [1.29, 1.82) is 0 Å². The minimum Gasteiger partial charge on any atom is -0.464 e. The number of hydrogen-bond donors (Lipinski definition) is 1. The van der Waals surface area contributed by atoms with Crippen LogP contribution in [0.5, 0.6) is 0 Å². The minimum absolute atomic E-state index is 0.309. The van der Waals surface area contributed by atoms with Crippen LogP contribution in [0, 0.1) is 0 Å². The highest BCUT2D eigenvalue weighted by Gasteiger charge is 1.65. The van der Waals surface area contributed by atoms with Crippen molar-refractivity contribution in [2.45, 2.75) is 6.92 Å². The van der Waals surface area contributed by atoms with E-state index in [2.05, 4.69) is 22.3 Å². The first-order valence-corrected chi connectivity index (χ1v) is 2.67. The standard InChI is InChI=1S/C4H6O2.C2H6N2/c1-2-3-6-4-5;1-2-4-3/h2,4H,1,3H2;2H,3H2,1H3. The van der Waals surface area contributed by atoms with Gasteiger partial charge in [-0.3, -0.25) is 4.79 Å². The van der Waals surface area contributed by atoms with Crippen LogP contribution in [0.2, 0.25) is 0 Å². The summed E-state index contributed by atoms with van der Waals surface area (Å²) in [7, 11) is 0. The third-order valence-electron chi connectivity index (χ3n) is 0.431. The Morgan fingerprint density at radius 2 is 2.30 bits per heavy atom. The van der Waals surface area contributed by atoms with E-state index in [0.29, 0.717) is 13.1 Å². The fourth-order valence-corrected chi connectivity index (χ4v) is 0.107. The molecule has 0 atom stereocenters. The van der Waals surface area contributed by atoms with Gasteiger partial charge in [0.1, 0.15) is 6.61 Å². The summed E-state index contributed by atoms with van der Waals surface area (Å²) >= 11 is 0. The Hall–Kier alpha value is -1.32. The summed E-state index contributed by atoms with van der Waals surface area (Å²) in [5.74, 6) is 4.60. The van der Waals surface area contributed by atoms with Crippen molar-refractivity contribution >= 4 is 12.7 Å².